The molecule has 0 aliphatic carbocycles. The summed E-state index contributed by atoms with van der Waals surface area (Å²) in [6.45, 7) is 0.876. The Bertz CT molecular complexity index is 572. The van der Waals surface area contributed by atoms with E-state index in [1.165, 1.54) is 5.56 Å². The molecule has 0 saturated carbocycles. The zero-order valence-electron chi connectivity index (χ0n) is 10.6. The average molecular weight is 385 g/mol. The van der Waals surface area contributed by atoms with Crippen molar-refractivity contribution in [2.45, 2.75) is 13.2 Å². The van der Waals surface area contributed by atoms with E-state index in [1.54, 1.807) is 0 Å². The first-order chi connectivity index (χ1) is 9.11. The Morgan fingerprint density at radius 3 is 2.37 bits per heavy atom. The van der Waals surface area contributed by atoms with Crippen molar-refractivity contribution >= 4 is 37.5 Å². The monoisotopic (exact) mass is 383 g/mol. The van der Waals surface area contributed by atoms with E-state index in [-0.39, 0.29) is 6.61 Å². The molecule has 0 radical (unpaired) electrons. The second-order valence-corrected chi connectivity index (χ2v) is 6.09. The van der Waals surface area contributed by atoms with Crippen molar-refractivity contribution in [3.63, 3.8) is 0 Å². The van der Waals surface area contributed by atoms with Gasteiger partial charge in [0.05, 0.1) is 6.61 Å². The molecule has 0 aliphatic heterocycles. The summed E-state index contributed by atoms with van der Waals surface area (Å²) in [6, 6.07) is 14.2. The highest BCUT2D eigenvalue weighted by Crippen LogP contribution is 2.26. The predicted molar refractivity (Wildman–Crippen MR) is 86.3 cm³/mol. The van der Waals surface area contributed by atoms with Crippen molar-refractivity contribution in [3.8, 4) is 0 Å². The zero-order chi connectivity index (χ0) is 13.8. The summed E-state index contributed by atoms with van der Waals surface area (Å²) in [7, 11) is 2.06. The molecule has 100 valence electrons. The van der Waals surface area contributed by atoms with E-state index >= 15 is 0 Å². The first kappa shape index (κ1) is 14.6. The smallest absolute Gasteiger partial charge is 0.0692 e. The van der Waals surface area contributed by atoms with Gasteiger partial charge < -0.3 is 10.0 Å². The van der Waals surface area contributed by atoms with E-state index in [0.717, 1.165) is 26.7 Å². The normalized spacial score (nSPS) is 10.5. The maximum atomic E-state index is 9.17. The molecule has 2 aromatic rings. The lowest BCUT2D eigenvalue weighted by Crippen LogP contribution is -2.16. The van der Waals surface area contributed by atoms with Crippen LogP contribution in [0.25, 0.3) is 0 Å². The van der Waals surface area contributed by atoms with Gasteiger partial charge in [-0.15, -0.1) is 0 Å². The van der Waals surface area contributed by atoms with Crippen molar-refractivity contribution in [3.05, 3.63) is 62.5 Å². The van der Waals surface area contributed by atoms with Crippen LogP contribution < -0.4 is 4.90 Å². The van der Waals surface area contributed by atoms with Crippen LogP contribution in [-0.4, -0.2) is 12.2 Å². The molecule has 2 nitrogen and oxygen atoms in total. The van der Waals surface area contributed by atoms with Crippen LogP contribution in [0.1, 0.15) is 11.1 Å². The van der Waals surface area contributed by atoms with Gasteiger partial charge in [0.25, 0.3) is 0 Å². The fourth-order valence-electron chi connectivity index (χ4n) is 1.88. The Morgan fingerprint density at radius 1 is 1.00 bits per heavy atom. The third kappa shape index (κ3) is 3.59. The quantitative estimate of drug-likeness (QED) is 0.847. The van der Waals surface area contributed by atoms with E-state index in [9.17, 15) is 0 Å². The molecular formula is C15H15Br2NO. The first-order valence-corrected chi connectivity index (χ1v) is 7.54. The highest BCUT2D eigenvalue weighted by atomic mass is 79.9. The van der Waals surface area contributed by atoms with Gasteiger partial charge in [0.1, 0.15) is 0 Å². The van der Waals surface area contributed by atoms with E-state index in [0.29, 0.717) is 0 Å². The molecule has 4 heteroatoms. The Balaban J connectivity index is 2.18. The number of nitrogens with zero attached hydrogens (tertiary/aromatic N) is 1. The maximum Gasteiger partial charge on any atom is 0.0692 e. The van der Waals surface area contributed by atoms with Crippen molar-refractivity contribution in [2.75, 3.05) is 11.9 Å². The van der Waals surface area contributed by atoms with E-state index in [1.807, 2.05) is 36.4 Å². The van der Waals surface area contributed by atoms with Crippen LogP contribution in [-0.2, 0) is 13.2 Å². The second kappa shape index (κ2) is 6.55. The molecule has 2 rings (SSSR count). The summed E-state index contributed by atoms with van der Waals surface area (Å²) in [4.78, 5) is 2.17. The van der Waals surface area contributed by atoms with Gasteiger partial charge in [0.15, 0.2) is 0 Å². The van der Waals surface area contributed by atoms with E-state index < -0.39 is 0 Å². The summed E-state index contributed by atoms with van der Waals surface area (Å²) < 4.78 is 2.05. The lowest BCUT2D eigenvalue weighted by Gasteiger charge is -2.21. The molecule has 0 amide bonds. The van der Waals surface area contributed by atoms with Gasteiger partial charge in [-0.25, -0.2) is 0 Å². The minimum Gasteiger partial charge on any atom is -0.392 e. The highest BCUT2D eigenvalue weighted by Gasteiger charge is 2.07. The highest BCUT2D eigenvalue weighted by molar-refractivity contribution is 9.10. The van der Waals surface area contributed by atoms with Gasteiger partial charge in [0.2, 0.25) is 0 Å². The van der Waals surface area contributed by atoms with Crippen LogP contribution in [0.3, 0.4) is 0 Å². The minimum absolute atomic E-state index is 0.0504. The minimum atomic E-state index is 0.0504. The third-order valence-corrected chi connectivity index (χ3v) is 4.52. The van der Waals surface area contributed by atoms with Gasteiger partial charge in [-0.2, -0.15) is 0 Å². The topological polar surface area (TPSA) is 23.5 Å². The molecule has 0 saturated heterocycles. The van der Waals surface area contributed by atoms with E-state index in [2.05, 4.69) is 49.9 Å². The molecule has 0 spiro atoms. The van der Waals surface area contributed by atoms with Crippen molar-refractivity contribution in [1.82, 2.24) is 0 Å². The lowest BCUT2D eigenvalue weighted by atomic mass is 10.2. The molecule has 0 atom stereocenters. The van der Waals surface area contributed by atoms with Crippen LogP contribution in [0, 0.1) is 0 Å². The Labute approximate surface area is 130 Å². The van der Waals surface area contributed by atoms with Crippen molar-refractivity contribution < 1.29 is 5.11 Å². The van der Waals surface area contributed by atoms with Gasteiger partial charge in [-0.05, 0) is 29.3 Å². The largest absolute Gasteiger partial charge is 0.392 e. The number of hydrogen-bond acceptors (Lipinski definition) is 2. The first-order valence-electron chi connectivity index (χ1n) is 5.95. The SMILES string of the molecule is CN(Cc1ccccc1Br)c1ccc(CO)c(Br)c1. The van der Waals surface area contributed by atoms with Crippen LogP contribution in [0.4, 0.5) is 5.69 Å². The number of anilines is 1. The molecule has 19 heavy (non-hydrogen) atoms. The Hall–Kier alpha value is -0.840. The van der Waals surface area contributed by atoms with Crippen LogP contribution in [0.5, 0.6) is 0 Å². The summed E-state index contributed by atoms with van der Waals surface area (Å²) >= 11 is 7.05. The van der Waals surface area contributed by atoms with Crippen LogP contribution >= 0.6 is 31.9 Å². The fraction of sp³-hybridized carbons (Fsp3) is 0.200. The van der Waals surface area contributed by atoms with E-state index in [4.69, 9.17) is 5.11 Å². The maximum absolute atomic E-state index is 9.17. The zero-order valence-corrected chi connectivity index (χ0v) is 13.8. The summed E-state index contributed by atoms with van der Waals surface area (Å²) in [5.74, 6) is 0. The molecule has 0 fully saturated rings. The summed E-state index contributed by atoms with van der Waals surface area (Å²) in [5.41, 5.74) is 3.25. The number of halogens is 2. The molecule has 0 aromatic heterocycles. The Kier molecular flexibility index (Phi) is 5.02. The number of benzene rings is 2. The predicted octanol–water partition coefficient (Wildman–Crippen LogP) is 4.34. The summed E-state index contributed by atoms with van der Waals surface area (Å²) in [6.07, 6.45) is 0. The molecule has 0 heterocycles. The molecule has 0 unspecified atom stereocenters. The van der Waals surface area contributed by atoms with Gasteiger partial charge in [-0.1, -0.05) is 56.1 Å². The van der Waals surface area contributed by atoms with Crippen molar-refractivity contribution in [1.29, 1.82) is 0 Å². The standard InChI is InChI=1S/C15H15Br2NO/c1-18(9-11-4-2-3-5-14(11)16)13-7-6-12(10-19)15(17)8-13/h2-8,19H,9-10H2,1H3. The number of rotatable bonds is 4. The van der Waals surface area contributed by atoms with Gasteiger partial charge in [-0.3, -0.25) is 0 Å². The number of aliphatic hydroxyl groups excluding tert-OH is 1. The molecule has 0 aliphatic rings. The molecular weight excluding hydrogens is 370 g/mol. The number of aliphatic hydroxyl groups is 1. The molecule has 1 N–H and O–H groups in total. The number of hydrogen-bond donors (Lipinski definition) is 1. The lowest BCUT2D eigenvalue weighted by molar-refractivity contribution is 0.281. The summed E-state index contributed by atoms with van der Waals surface area (Å²) in [5, 5.41) is 9.17. The second-order valence-electron chi connectivity index (χ2n) is 4.38. The van der Waals surface area contributed by atoms with Crippen LogP contribution in [0.15, 0.2) is 51.4 Å². The molecule has 0 bridgehead atoms. The average Bonchev–Trinajstić information content (AvgIpc) is 2.41. The Morgan fingerprint density at radius 2 is 1.74 bits per heavy atom. The van der Waals surface area contributed by atoms with Gasteiger partial charge in [0, 0.05) is 28.2 Å². The third-order valence-electron chi connectivity index (χ3n) is 3.01. The fourth-order valence-corrected chi connectivity index (χ4v) is 2.78. The van der Waals surface area contributed by atoms with Crippen molar-refractivity contribution in [2.24, 2.45) is 0 Å². The van der Waals surface area contributed by atoms with Crippen LogP contribution in [0.2, 0.25) is 0 Å². The molecule has 2 aromatic carbocycles. The van der Waals surface area contributed by atoms with Gasteiger partial charge >= 0.3 is 0 Å².